The lowest BCUT2D eigenvalue weighted by atomic mass is 10.2. The molecule has 1 nitrogen and oxygen atoms in total. The molecule has 1 aromatic carbocycles. The summed E-state index contributed by atoms with van der Waals surface area (Å²) in [6.07, 6.45) is 1.98. The van der Waals surface area contributed by atoms with E-state index in [9.17, 15) is 0 Å². The molecular weight excluding hydrogens is 186 g/mol. The third kappa shape index (κ3) is 3.55. The van der Waals surface area contributed by atoms with Gasteiger partial charge in [-0.2, -0.15) is 0 Å². The van der Waals surface area contributed by atoms with E-state index in [1.165, 1.54) is 11.8 Å². The third-order valence-electron chi connectivity index (χ3n) is 1.24. The van der Waals surface area contributed by atoms with Crippen LogP contribution in [0, 0.1) is 0 Å². The molecule has 62 valence electrons. The number of nitrogens with two attached hydrogens (primary N) is 1. The first kappa shape index (κ1) is 9.29. The highest BCUT2D eigenvalue weighted by atomic mass is 32.2. The quantitative estimate of drug-likeness (QED) is 0.735. The van der Waals surface area contributed by atoms with E-state index in [-0.39, 0.29) is 0 Å². The lowest BCUT2D eigenvalue weighted by molar-refractivity contribution is 1.67. The van der Waals surface area contributed by atoms with Crippen LogP contribution in [0.2, 0.25) is 0 Å². The van der Waals surface area contributed by atoms with Gasteiger partial charge in [-0.05, 0) is 17.0 Å². The summed E-state index contributed by atoms with van der Waals surface area (Å²) in [5.41, 5.74) is 6.45. The molecule has 0 radical (unpaired) electrons. The molecule has 0 amide bonds. The highest BCUT2D eigenvalue weighted by Gasteiger charge is 1.84. The Morgan fingerprint density at radius 2 is 2.00 bits per heavy atom. The Balaban J connectivity index is 2.52. The van der Waals surface area contributed by atoms with Crippen LogP contribution in [0.15, 0.2) is 35.7 Å². The summed E-state index contributed by atoms with van der Waals surface area (Å²) in [5, 5.41) is 1.89. The van der Waals surface area contributed by atoms with Gasteiger partial charge in [-0.15, -0.1) is 0 Å². The predicted octanol–water partition coefficient (Wildman–Crippen LogP) is 2.63. The summed E-state index contributed by atoms with van der Waals surface area (Å²) < 4.78 is 0.446. The minimum atomic E-state index is 0.446. The molecule has 0 aliphatic carbocycles. The van der Waals surface area contributed by atoms with Gasteiger partial charge in [-0.25, -0.2) is 0 Å². The molecule has 3 heteroatoms. The molecule has 0 bridgehead atoms. The monoisotopic (exact) mass is 195 g/mol. The molecule has 0 saturated heterocycles. The zero-order valence-electron chi connectivity index (χ0n) is 6.44. The number of rotatable bonds is 2. The Labute approximate surface area is 81.7 Å². The first-order valence-electron chi connectivity index (χ1n) is 3.47. The maximum atomic E-state index is 5.30. The van der Waals surface area contributed by atoms with Gasteiger partial charge in [0.05, 0.1) is 0 Å². The van der Waals surface area contributed by atoms with Crippen LogP contribution in [0.1, 0.15) is 5.56 Å². The van der Waals surface area contributed by atoms with Gasteiger partial charge in [-0.1, -0.05) is 54.3 Å². The molecule has 0 aromatic heterocycles. The number of hydrogen-bond donors (Lipinski definition) is 1. The van der Waals surface area contributed by atoms with Crippen LogP contribution in [0.25, 0.3) is 6.08 Å². The third-order valence-corrected chi connectivity index (χ3v) is 2.04. The minimum Gasteiger partial charge on any atom is -0.384 e. The average Bonchev–Trinajstić information content (AvgIpc) is 2.05. The van der Waals surface area contributed by atoms with Gasteiger partial charge < -0.3 is 5.73 Å². The van der Waals surface area contributed by atoms with Crippen LogP contribution in [0.3, 0.4) is 0 Å². The first-order chi connectivity index (χ1) is 5.79. The molecule has 0 spiro atoms. The summed E-state index contributed by atoms with van der Waals surface area (Å²) in [4.78, 5) is 0. The Hall–Kier alpha value is -0.800. The van der Waals surface area contributed by atoms with Crippen molar-refractivity contribution in [3.8, 4) is 0 Å². The standard InChI is InChI=1S/C9H9NS2/c10-9(11)12-7-6-8-4-2-1-3-5-8/h1-7H,(H2,10,11). The van der Waals surface area contributed by atoms with Gasteiger partial charge in [0, 0.05) is 0 Å². The number of hydrogen-bond acceptors (Lipinski definition) is 2. The normalized spacial score (nSPS) is 10.3. The van der Waals surface area contributed by atoms with Crippen LogP contribution in [-0.2, 0) is 0 Å². The van der Waals surface area contributed by atoms with Gasteiger partial charge in [0.2, 0.25) is 0 Å². The van der Waals surface area contributed by atoms with E-state index in [4.69, 9.17) is 18.0 Å². The van der Waals surface area contributed by atoms with Crippen molar-refractivity contribution < 1.29 is 0 Å². The highest BCUT2D eigenvalue weighted by Crippen LogP contribution is 2.07. The van der Waals surface area contributed by atoms with Gasteiger partial charge in [0.15, 0.2) is 0 Å². The summed E-state index contributed by atoms with van der Waals surface area (Å²) >= 11 is 6.06. The summed E-state index contributed by atoms with van der Waals surface area (Å²) in [5.74, 6) is 0. The van der Waals surface area contributed by atoms with Gasteiger partial charge in [-0.3, -0.25) is 0 Å². The van der Waals surface area contributed by atoms with Crippen molar-refractivity contribution in [2.75, 3.05) is 0 Å². The molecule has 0 saturated carbocycles. The fraction of sp³-hybridized carbons (Fsp3) is 0. The number of thiocarbonyl (C=S) groups is 1. The smallest absolute Gasteiger partial charge is 0.135 e. The van der Waals surface area contributed by atoms with E-state index < -0.39 is 0 Å². The molecule has 1 rings (SSSR count). The SMILES string of the molecule is NC(=S)SC=Cc1ccccc1. The van der Waals surface area contributed by atoms with Crippen LogP contribution < -0.4 is 5.73 Å². The van der Waals surface area contributed by atoms with E-state index in [1.54, 1.807) is 0 Å². The zero-order valence-corrected chi connectivity index (χ0v) is 8.07. The molecule has 0 unspecified atom stereocenters. The molecular formula is C9H9NS2. The van der Waals surface area contributed by atoms with E-state index in [0.29, 0.717) is 4.32 Å². The number of benzene rings is 1. The van der Waals surface area contributed by atoms with Crippen LogP contribution in [0.4, 0.5) is 0 Å². The summed E-state index contributed by atoms with van der Waals surface area (Å²) in [7, 11) is 0. The number of thioether (sulfide) groups is 1. The fourth-order valence-electron chi connectivity index (χ4n) is 0.744. The van der Waals surface area contributed by atoms with Crippen molar-refractivity contribution in [3.63, 3.8) is 0 Å². The van der Waals surface area contributed by atoms with Gasteiger partial charge in [0.25, 0.3) is 0 Å². The Morgan fingerprint density at radius 1 is 1.33 bits per heavy atom. The Kier molecular flexibility index (Phi) is 3.84. The zero-order chi connectivity index (χ0) is 8.81. The molecule has 2 N–H and O–H groups in total. The molecule has 0 aliphatic rings. The maximum absolute atomic E-state index is 5.30. The van der Waals surface area contributed by atoms with E-state index in [2.05, 4.69) is 0 Å². The van der Waals surface area contributed by atoms with E-state index in [0.717, 1.165) is 5.56 Å². The lowest BCUT2D eigenvalue weighted by Gasteiger charge is -1.90. The van der Waals surface area contributed by atoms with E-state index in [1.807, 2.05) is 41.8 Å². The molecule has 0 heterocycles. The van der Waals surface area contributed by atoms with Crippen LogP contribution in [0.5, 0.6) is 0 Å². The van der Waals surface area contributed by atoms with Crippen molar-refractivity contribution >= 4 is 34.4 Å². The van der Waals surface area contributed by atoms with Gasteiger partial charge >= 0.3 is 0 Å². The van der Waals surface area contributed by atoms with E-state index >= 15 is 0 Å². The molecule has 12 heavy (non-hydrogen) atoms. The Bertz CT molecular complexity index is 280. The van der Waals surface area contributed by atoms with Crippen molar-refractivity contribution in [1.29, 1.82) is 0 Å². The lowest BCUT2D eigenvalue weighted by Crippen LogP contribution is -1.98. The summed E-state index contributed by atoms with van der Waals surface area (Å²) in [6, 6.07) is 10.0. The second-order valence-electron chi connectivity index (χ2n) is 2.15. The van der Waals surface area contributed by atoms with Crippen molar-refractivity contribution in [1.82, 2.24) is 0 Å². The maximum Gasteiger partial charge on any atom is 0.135 e. The van der Waals surface area contributed by atoms with Crippen LogP contribution >= 0.6 is 24.0 Å². The largest absolute Gasteiger partial charge is 0.384 e. The fourth-order valence-corrected chi connectivity index (χ4v) is 1.27. The molecule has 0 aliphatic heterocycles. The van der Waals surface area contributed by atoms with Gasteiger partial charge in [0.1, 0.15) is 4.32 Å². The second kappa shape index (κ2) is 4.95. The Morgan fingerprint density at radius 3 is 2.58 bits per heavy atom. The predicted molar refractivity (Wildman–Crippen MR) is 59.9 cm³/mol. The van der Waals surface area contributed by atoms with Crippen molar-refractivity contribution in [2.24, 2.45) is 5.73 Å². The van der Waals surface area contributed by atoms with Crippen molar-refractivity contribution in [2.45, 2.75) is 0 Å². The highest BCUT2D eigenvalue weighted by molar-refractivity contribution is 8.24. The van der Waals surface area contributed by atoms with Crippen LogP contribution in [-0.4, -0.2) is 4.32 Å². The minimum absolute atomic E-state index is 0.446. The molecule has 0 fully saturated rings. The first-order valence-corrected chi connectivity index (χ1v) is 4.75. The topological polar surface area (TPSA) is 26.0 Å². The second-order valence-corrected chi connectivity index (χ2v) is 3.80. The molecule has 0 atom stereocenters. The average molecular weight is 195 g/mol. The van der Waals surface area contributed by atoms with Crippen molar-refractivity contribution in [3.05, 3.63) is 41.3 Å². The molecule has 1 aromatic rings. The summed E-state index contributed by atoms with van der Waals surface area (Å²) in [6.45, 7) is 0.